The van der Waals surface area contributed by atoms with E-state index in [2.05, 4.69) is 10.2 Å². The number of hydrogen-bond donors (Lipinski definition) is 2. The Hall–Kier alpha value is -2.15. The monoisotopic (exact) mass is 349 g/mol. The Morgan fingerprint density at radius 2 is 1.84 bits per heavy atom. The van der Waals surface area contributed by atoms with Crippen molar-refractivity contribution in [2.24, 2.45) is 0 Å². The maximum absolute atomic E-state index is 12.4. The SMILES string of the molecule is COc1cc(CNC(=O)N2CCC(N3CCCC3)C2)cc(OC)c1O. The van der Waals surface area contributed by atoms with Gasteiger partial charge in [-0.25, -0.2) is 4.79 Å². The maximum Gasteiger partial charge on any atom is 0.317 e. The van der Waals surface area contributed by atoms with E-state index in [9.17, 15) is 9.90 Å². The van der Waals surface area contributed by atoms with Gasteiger partial charge >= 0.3 is 6.03 Å². The second-order valence-corrected chi connectivity index (χ2v) is 6.64. The van der Waals surface area contributed by atoms with E-state index in [1.54, 1.807) is 12.1 Å². The molecule has 2 fully saturated rings. The van der Waals surface area contributed by atoms with Crippen molar-refractivity contribution < 1.29 is 19.4 Å². The number of hydrogen-bond acceptors (Lipinski definition) is 5. The molecule has 3 rings (SSSR count). The maximum atomic E-state index is 12.4. The summed E-state index contributed by atoms with van der Waals surface area (Å²) in [4.78, 5) is 16.8. The lowest BCUT2D eigenvalue weighted by atomic mass is 10.2. The van der Waals surface area contributed by atoms with E-state index in [-0.39, 0.29) is 11.8 Å². The van der Waals surface area contributed by atoms with Crippen LogP contribution in [0.25, 0.3) is 0 Å². The summed E-state index contributed by atoms with van der Waals surface area (Å²) in [6, 6.07) is 3.86. The van der Waals surface area contributed by atoms with E-state index in [0.29, 0.717) is 24.1 Å². The van der Waals surface area contributed by atoms with Crippen LogP contribution < -0.4 is 14.8 Å². The van der Waals surface area contributed by atoms with Gasteiger partial charge in [0.2, 0.25) is 5.75 Å². The fourth-order valence-electron chi connectivity index (χ4n) is 3.67. The highest BCUT2D eigenvalue weighted by molar-refractivity contribution is 5.74. The topological polar surface area (TPSA) is 74.3 Å². The Morgan fingerprint density at radius 1 is 1.20 bits per heavy atom. The molecule has 2 amide bonds. The van der Waals surface area contributed by atoms with Gasteiger partial charge in [0.1, 0.15) is 0 Å². The molecule has 2 heterocycles. The molecule has 1 atom stereocenters. The third kappa shape index (κ3) is 3.92. The van der Waals surface area contributed by atoms with Crippen molar-refractivity contribution in [1.29, 1.82) is 0 Å². The summed E-state index contributed by atoms with van der Waals surface area (Å²) in [6.07, 6.45) is 3.59. The molecule has 2 aliphatic heterocycles. The first kappa shape index (κ1) is 17.7. The highest BCUT2D eigenvalue weighted by Gasteiger charge is 2.31. The first-order valence-corrected chi connectivity index (χ1v) is 8.83. The molecule has 138 valence electrons. The quantitative estimate of drug-likeness (QED) is 0.848. The predicted molar refractivity (Wildman–Crippen MR) is 94.2 cm³/mol. The number of amides is 2. The number of aromatic hydroxyl groups is 1. The van der Waals surface area contributed by atoms with Crippen LogP contribution in [0, 0.1) is 0 Å². The first-order valence-electron chi connectivity index (χ1n) is 8.83. The molecule has 7 heteroatoms. The number of likely N-dealkylation sites (tertiary alicyclic amines) is 2. The van der Waals surface area contributed by atoms with Crippen molar-refractivity contribution in [2.45, 2.75) is 31.8 Å². The normalized spacial score (nSPS) is 20.7. The fraction of sp³-hybridized carbons (Fsp3) is 0.611. The average Bonchev–Trinajstić information content (AvgIpc) is 3.31. The molecular formula is C18H27N3O4. The Morgan fingerprint density at radius 3 is 2.44 bits per heavy atom. The summed E-state index contributed by atoms with van der Waals surface area (Å²) in [6.45, 7) is 4.28. The van der Waals surface area contributed by atoms with Crippen molar-refractivity contribution in [3.05, 3.63) is 17.7 Å². The van der Waals surface area contributed by atoms with Crippen molar-refractivity contribution in [3.8, 4) is 17.2 Å². The van der Waals surface area contributed by atoms with Gasteiger partial charge in [0.25, 0.3) is 0 Å². The van der Waals surface area contributed by atoms with Crippen LogP contribution in [0.15, 0.2) is 12.1 Å². The molecule has 0 aromatic heterocycles. The lowest BCUT2D eigenvalue weighted by Gasteiger charge is -2.23. The number of carbonyl (C=O) groups is 1. The number of rotatable bonds is 5. The molecular weight excluding hydrogens is 322 g/mol. The Balaban J connectivity index is 1.55. The van der Waals surface area contributed by atoms with Gasteiger partial charge < -0.3 is 24.8 Å². The van der Waals surface area contributed by atoms with Crippen molar-refractivity contribution in [3.63, 3.8) is 0 Å². The van der Waals surface area contributed by atoms with Crippen LogP contribution in [0.3, 0.4) is 0 Å². The van der Waals surface area contributed by atoms with E-state index in [0.717, 1.165) is 38.2 Å². The van der Waals surface area contributed by atoms with E-state index >= 15 is 0 Å². The number of nitrogens with zero attached hydrogens (tertiary/aromatic N) is 2. The van der Waals surface area contributed by atoms with Crippen molar-refractivity contribution in [2.75, 3.05) is 40.4 Å². The largest absolute Gasteiger partial charge is 0.502 e. The van der Waals surface area contributed by atoms with E-state index < -0.39 is 0 Å². The molecule has 0 saturated carbocycles. The number of urea groups is 1. The summed E-state index contributed by atoms with van der Waals surface area (Å²) in [5.74, 6) is 0.630. The highest BCUT2D eigenvalue weighted by Crippen LogP contribution is 2.37. The van der Waals surface area contributed by atoms with Crippen molar-refractivity contribution in [1.82, 2.24) is 15.1 Å². The third-order valence-corrected chi connectivity index (χ3v) is 5.09. The van der Waals surface area contributed by atoms with Gasteiger partial charge in [-0.1, -0.05) is 0 Å². The minimum Gasteiger partial charge on any atom is -0.502 e. The average molecular weight is 349 g/mol. The molecule has 1 aromatic carbocycles. The van der Waals surface area contributed by atoms with Crippen LogP contribution in [0.1, 0.15) is 24.8 Å². The summed E-state index contributed by atoms with van der Waals surface area (Å²) in [5, 5.41) is 12.9. The number of nitrogens with one attached hydrogen (secondary N) is 1. The molecule has 1 aromatic rings. The predicted octanol–water partition coefficient (Wildman–Crippen LogP) is 1.79. The van der Waals surface area contributed by atoms with Gasteiger partial charge in [0, 0.05) is 25.7 Å². The smallest absolute Gasteiger partial charge is 0.317 e. The number of ether oxygens (including phenoxy) is 2. The number of phenolic OH excluding ortho intramolecular Hbond substituents is 1. The summed E-state index contributed by atoms with van der Waals surface area (Å²) >= 11 is 0. The zero-order valence-electron chi connectivity index (χ0n) is 15.0. The number of phenols is 1. The molecule has 25 heavy (non-hydrogen) atoms. The van der Waals surface area contributed by atoms with Crippen molar-refractivity contribution >= 4 is 6.03 Å². The summed E-state index contributed by atoms with van der Waals surface area (Å²) < 4.78 is 10.3. The summed E-state index contributed by atoms with van der Waals surface area (Å²) in [5.41, 5.74) is 0.815. The van der Waals surface area contributed by atoms with Gasteiger partial charge in [0.05, 0.1) is 14.2 Å². The highest BCUT2D eigenvalue weighted by atomic mass is 16.5. The molecule has 7 nitrogen and oxygen atoms in total. The van der Waals surface area contributed by atoms with Crippen LogP contribution in [0.2, 0.25) is 0 Å². The lowest BCUT2D eigenvalue weighted by molar-refractivity contribution is 0.198. The third-order valence-electron chi connectivity index (χ3n) is 5.09. The minimum absolute atomic E-state index is 0.0342. The number of methoxy groups -OCH3 is 2. The zero-order chi connectivity index (χ0) is 17.8. The second kappa shape index (κ2) is 7.82. The van der Waals surface area contributed by atoms with E-state index in [1.165, 1.54) is 27.1 Å². The molecule has 0 aliphatic carbocycles. The molecule has 0 bridgehead atoms. The first-order chi connectivity index (χ1) is 12.1. The minimum atomic E-state index is -0.0484. The molecule has 0 spiro atoms. The number of benzene rings is 1. The molecule has 2 aliphatic rings. The Kier molecular flexibility index (Phi) is 5.53. The van der Waals surface area contributed by atoms with Crippen LogP contribution >= 0.6 is 0 Å². The van der Waals surface area contributed by atoms with Crippen LogP contribution in [-0.2, 0) is 6.54 Å². The van der Waals surface area contributed by atoms with Crippen LogP contribution in [0.5, 0.6) is 17.2 Å². The van der Waals surface area contributed by atoms with Gasteiger partial charge in [-0.3, -0.25) is 4.90 Å². The van der Waals surface area contributed by atoms with E-state index in [1.807, 2.05) is 4.90 Å². The number of carbonyl (C=O) groups excluding carboxylic acids is 1. The lowest BCUT2D eigenvalue weighted by Crippen LogP contribution is -2.41. The van der Waals surface area contributed by atoms with Gasteiger partial charge in [-0.15, -0.1) is 0 Å². The summed E-state index contributed by atoms with van der Waals surface area (Å²) in [7, 11) is 2.97. The molecule has 0 radical (unpaired) electrons. The zero-order valence-corrected chi connectivity index (χ0v) is 15.0. The van der Waals surface area contributed by atoms with E-state index in [4.69, 9.17) is 9.47 Å². The van der Waals surface area contributed by atoms with Gasteiger partial charge in [-0.05, 0) is 50.0 Å². The molecule has 1 unspecified atom stereocenters. The van der Waals surface area contributed by atoms with Crippen LogP contribution in [0.4, 0.5) is 4.79 Å². The van der Waals surface area contributed by atoms with Gasteiger partial charge in [0.15, 0.2) is 11.5 Å². The standard InChI is InChI=1S/C18H27N3O4/c1-24-15-9-13(10-16(25-2)17(15)22)11-19-18(23)21-8-5-14(12-21)20-6-3-4-7-20/h9-10,14,22H,3-8,11-12H2,1-2H3,(H,19,23). The Bertz CT molecular complexity index is 591. The Labute approximate surface area is 148 Å². The van der Waals surface area contributed by atoms with Gasteiger partial charge in [-0.2, -0.15) is 0 Å². The fourth-order valence-corrected chi connectivity index (χ4v) is 3.67. The molecule has 2 saturated heterocycles. The van der Waals surface area contributed by atoms with Crippen LogP contribution in [-0.4, -0.2) is 67.4 Å². The second-order valence-electron chi connectivity index (χ2n) is 6.64. The molecule has 2 N–H and O–H groups in total.